The van der Waals surface area contributed by atoms with Gasteiger partial charge in [0.25, 0.3) is 0 Å². The number of isocyanates is 3. The van der Waals surface area contributed by atoms with Gasteiger partial charge in [0.05, 0.1) is 5.54 Å². The van der Waals surface area contributed by atoms with Gasteiger partial charge in [-0.25, -0.2) is 25.2 Å². The first kappa shape index (κ1) is 19.5. The van der Waals surface area contributed by atoms with E-state index >= 15 is 0 Å². The molecule has 0 aliphatic heterocycles. The molecule has 0 aromatic rings. The SMILES string of the molecule is CC1CC(C)(C)CC(C)(N=C=O)C1.N=C=O.N=C=O. The Kier molecular flexibility index (Phi) is 9.35. The number of nitrogens with zero attached hydrogens (tertiary/aromatic N) is 1. The van der Waals surface area contributed by atoms with E-state index in [2.05, 4.69) is 32.7 Å². The maximum absolute atomic E-state index is 10.3. The van der Waals surface area contributed by atoms with Gasteiger partial charge < -0.3 is 0 Å². The van der Waals surface area contributed by atoms with Crippen molar-refractivity contribution < 1.29 is 14.4 Å². The first-order valence-corrected chi connectivity index (χ1v) is 5.87. The van der Waals surface area contributed by atoms with Gasteiger partial charge in [-0.05, 0) is 37.5 Å². The zero-order chi connectivity index (χ0) is 15.5. The van der Waals surface area contributed by atoms with Crippen molar-refractivity contribution >= 4 is 18.2 Å². The van der Waals surface area contributed by atoms with Gasteiger partial charge >= 0.3 is 0 Å². The summed E-state index contributed by atoms with van der Waals surface area (Å²) in [6.07, 6.45) is 6.46. The molecule has 6 nitrogen and oxygen atoms in total. The Morgan fingerprint density at radius 1 is 1.05 bits per heavy atom. The van der Waals surface area contributed by atoms with Crippen molar-refractivity contribution in [2.24, 2.45) is 16.3 Å². The van der Waals surface area contributed by atoms with Crippen LogP contribution in [0.2, 0.25) is 0 Å². The van der Waals surface area contributed by atoms with Crippen LogP contribution in [-0.2, 0) is 14.4 Å². The maximum Gasteiger partial charge on any atom is 0.235 e. The molecule has 0 aromatic heterocycles. The molecule has 1 aliphatic rings. The van der Waals surface area contributed by atoms with Gasteiger partial charge in [-0.3, -0.25) is 0 Å². The second-order valence-corrected chi connectivity index (χ2v) is 5.76. The molecule has 1 saturated carbocycles. The normalized spacial score (nSPS) is 26.8. The number of hydrogen-bond acceptors (Lipinski definition) is 6. The van der Waals surface area contributed by atoms with Crippen molar-refractivity contribution in [3.05, 3.63) is 0 Å². The van der Waals surface area contributed by atoms with Gasteiger partial charge in [-0.15, -0.1) is 0 Å². The zero-order valence-electron chi connectivity index (χ0n) is 11.9. The summed E-state index contributed by atoms with van der Waals surface area (Å²) in [4.78, 5) is 31.0. The average Bonchev–Trinajstić information content (AvgIpc) is 2.14. The summed E-state index contributed by atoms with van der Waals surface area (Å²) in [5.74, 6) is 0.658. The van der Waals surface area contributed by atoms with E-state index < -0.39 is 0 Å². The lowest BCUT2D eigenvalue weighted by atomic mass is 9.65. The minimum Gasteiger partial charge on any atom is -0.222 e. The molecule has 0 bridgehead atoms. The second kappa shape index (κ2) is 9.12. The summed E-state index contributed by atoms with van der Waals surface area (Å²) in [5, 5.41) is 10.8. The highest BCUT2D eigenvalue weighted by Crippen LogP contribution is 2.45. The molecule has 0 saturated heterocycles. The zero-order valence-corrected chi connectivity index (χ0v) is 11.9. The molecule has 0 amide bonds. The molecule has 106 valence electrons. The molecule has 2 atom stereocenters. The highest BCUT2D eigenvalue weighted by Gasteiger charge is 2.39. The molecule has 2 N–H and O–H groups in total. The Balaban J connectivity index is 0. The van der Waals surface area contributed by atoms with Gasteiger partial charge in [0.15, 0.2) is 0 Å². The number of nitrogens with one attached hydrogen (secondary N) is 2. The van der Waals surface area contributed by atoms with E-state index in [1.165, 1.54) is 6.42 Å². The Hall–Kier alpha value is -1.86. The summed E-state index contributed by atoms with van der Waals surface area (Å²) in [6.45, 7) is 8.80. The standard InChI is InChI=1S/C11H19NO.2CHNO/c1-9-5-10(2,3)7-11(4,6-9)12-8-13;2*2-1-3/h9H,5-7H2,1-4H3;2*2H. The predicted octanol–water partition coefficient (Wildman–Crippen LogP) is 2.73. The summed E-state index contributed by atoms with van der Waals surface area (Å²) in [7, 11) is 0. The molecule has 0 spiro atoms. The van der Waals surface area contributed by atoms with E-state index in [0.29, 0.717) is 11.3 Å². The van der Waals surface area contributed by atoms with Crippen molar-refractivity contribution in [1.82, 2.24) is 0 Å². The van der Waals surface area contributed by atoms with Crippen molar-refractivity contribution in [3.63, 3.8) is 0 Å². The van der Waals surface area contributed by atoms with E-state index in [1.54, 1.807) is 6.08 Å². The van der Waals surface area contributed by atoms with Crippen LogP contribution in [0.4, 0.5) is 0 Å². The van der Waals surface area contributed by atoms with Gasteiger partial charge in [0, 0.05) is 0 Å². The molecule has 1 rings (SSSR count). The molecule has 0 heterocycles. The van der Waals surface area contributed by atoms with Crippen LogP contribution in [-0.4, -0.2) is 23.8 Å². The lowest BCUT2D eigenvalue weighted by Gasteiger charge is -2.42. The van der Waals surface area contributed by atoms with E-state index in [1.807, 2.05) is 0 Å². The molecule has 2 unspecified atom stereocenters. The fraction of sp³-hybridized carbons (Fsp3) is 0.769. The summed E-state index contributed by atoms with van der Waals surface area (Å²) in [5.41, 5.74) is 0.148. The van der Waals surface area contributed by atoms with Crippen LogP contribution >= 0.6 is 0 Å². The Morgan fingerprint density at radius 3 is 1.79 bits per heavy atom. The number of aliphatic imine (C=N–C) groups is 1. The maximum atomic E-state index is 10.3. The molecule has 1 fully saturated rings. The van der Waals surface area contributed by atoms with Crippen molar-refractivity contribution in [1.29, 1.82) is 10.8 Å². The largest absolute Gasteiger partial charge is 0.235 e. The Bertz CT molecular complexity index is 376. The molecule has 19 heavy (non-hydrogen) atoms. The minimum absolute atomic E-state index is 0.164. The fourth-order valence-electron chi connectivity index (χ4n) is 3.14. The van der Waals surface area contributed by atoms with Gasteiger partial charge in [0.1, 0.15) is 0 Å². The quantitative estimate of drug-likeness (QED) is 0.562. The fourth-order valence-corrected chi connectivity index (χ4v) is 3.14. The molecule has 1 aliphatic carbocycles. The first-order valence-electron chi connectivity index (χ1n) is 5.87. The topological polar surface area (TPSA) is 111 Å². The summed E-state index contributed by atoms with van der Waals surface area (Å²) in [6, 6.07) is 0. The van der Waals surface area contributed by atoms with Gasteiger partial charge in [0.2, 0.25) is 18.2 Å². The third-order valence-electron chi connectivity index (χ3n) is 2.86. The van der Waals surface area contributed by atoms with E-state index in [9.17, 15) is 4.79 Å². The van der Waals surface area contributed by atoms with Crippen molar-refractivity contribution in [2.45, 2.75) is 52.5 Å². The Labute approximate surface area is 113 Å². The van der Waals surface area contributed by atoms with Gasteiger partial charge in [-0.2, -0.15) is 4.99 Å². The number of hydrogen-bond donors (Lipinski definition) is 2. The highest BCUT2D eigenvalue weighted by atomic mass is 16.1. The molecule has 6 heteroatoms. The molecular weight excluding hydrogens is 246 g/mol. The van der Waals surface area contributed by atoms with Crippen LogP contribution in [0, 0.1) is 22.2 Å². The first-order chi connectivity index (χ1) is 8.70. The van der Waals surface area contributed by atoms with Crippen LogP contribution in [0.25, 0.3) is 0 Å². The summed E-state index contributed by atoms with van der Waals surface area (Å²) >= 11 is 0. The average molecular weight is 267 g/mol. The lowest BCUT2D eigenvalue weighted by Crippen LogP contribution is -2.38. The van der Waals surface area contributed by atoms with Crippen LogP contribution < -0.4 is 0 Å². The summed E-state index contributed by atoms with van der Waals surface area (Å²) < 4.78 is 0. The van der Waals surface area contributed by atoms with E-state index in [0.717, 1.165) is 25.0 Å². The van der Waals surface area contributed by atoms with E-state index in [-0.39, 0.29) is 5.54 Å². The van der Waals surface area contributed by atoms with E-state index in [4.69, 9.17) is 20.4 Å². The second-order valence-electron chi connectivity index (χ2n) is 5.76. The Morgan fingerprint density at radius 2 is 1.47 bits per heavy atom. The molecule has 0 radical (unpaired) electrons. The minimum atomic E-state index is -0.164. The highest BCUT2D eigenvalue weighted by molar-refractivity contribution is 5.35. The third kappa shape index (κ3) is 9.81. The van der Waals surface area contributed by atoms with Crippen LogP contribution in [0.1, 0.15) is 47.0 Å². The molecule has 0 aromatic carbocycles. The van der Waals surface area contributed by atoms with Gasteiger partial charge in [-0.1, -0.05) is 20.8 Å². The van der Waals surface area contributed by atoms with Crippen LogP contribution in [0.15, 0.2) is 4.99 Å². The monoisotopic (exact) mass is 267 g/mol. The number of carbonyl (C=O) groups excluding carboxylic acids is 3. The van der Waals surface area contributed by atoms with Crippen molar-refractivity contribution in [2.75, 3.05) is 0 Å². The lowest BCUT2D eigenvalue weighted by molar-refractivity contribution is 0.120. The third-order valence-corrected chi connectivity index (χ3v) is 2.86. The van der Waals surface area contributed by atoms with Crippen LogP contribution in [0.5, 0.6) is 0 Å². The number of rotatable bonds is 1. The van der Waals surface area contributed by atoms with Crippen LogP contribution in [0.3, 0.4) is 0 Å². The smallest absolute Gasteiger partial charge is 0.222 e. The molecular formula is C13H21N3O3. The predicted molar refractivity (Wildman–Crippen MR) is 70.1 cm³/mol. The van der Waals surface area contributed by atoms with Crippen molar-refractivity contribution in [3.8, 4) is 0 Å².